The number of nitrogens with zero attached hydrogens (tertiary/aromatic N) is 2. The van der Waals surface area contributed by atoms with Gasteiger partial charge in [0.05, 0.1) is 16.9 Å². The molecule has 0 atom stereocenters. The van der Waals surface area contributed by atoms with E-state index in [4.69, 9.17) is 4.74 Å². The fourth-order valence-electron chi connectivity index (χ4n) is 3.10. The molecule has 1 N–H and O–H groups in total. The van der Waals surface area contributed by atoms with Crippen molar-refractivity contribution in [2.45, 2.75) is 19.8 Å². The van der Waals surface area contributed by atoms with Crippen LogP contribution in [-0.2, 0) is 0 Å². The third-order valence-corrected chi connectivity index (χ3v) is 5.35. The van der Waals surface area contributed by atoms with Crippen LogP contribution in [0, 0.1) is 10.5 Å². The lowest BCUT2D eigenvalue weighted by molar-refractivity contribution is 0.0954. The second-order valence-corrected chi connectivity index (χ2v) is 7.45. The molecule has 0 aromatic heterocycles. The second-order valence-electron chi connectivity index (χ2n) is 6.29. The molecule has 1 amide bonds. The molecule has 26 heavy (non-hydrogen) atoms. The number of halogens is 1. The first-order valence-corrected chi connectivity index (χ1v) is 9.69. The summed E-state index contributed by atoms with van der Waals surface area (Å²) in [5, 5.41) is 4.08. The normalized spacial score (nSPS) is 14.0. The van der Waals surface area contributed by atoms with Gasteiger partial charge in [0.2, 0.25) is 0 Å². The molecule has 0 spiro atoms. The van der Waals surface area contributed by atoms with Gasteiger partial charge in [0, 0.05) is 24.3 Å². The van der Waals surface area contributed by atoms with Crippen LogP contribution in [0.5, 0.6) is 5.75 Å². The predicted molar refractivity (Wildman–Crippen MR) is 113 cm³/mol. The summed E-state index contributed by atoms with van der Waals surface area (Å²) in [4.78, 5) is 14.6. The zero-order valence-corrected chi connectivity index (χ0v) is 17.1. The number of hydrogen-bond acceptors (Lipinski definition) is 4. The number of methoxy groups -OCH3 is 1. The van der Waals surface area contributed by atoms with Gasteiger partial charge in [0.1, 0.15) is 5.75 Å². The van der Waals surface area contributed by atoms with E-state index < -0.39 is 0 Å². The molecule has 0 bridgehead atoms. The van der Waals surface area contributed by atoms with Crippen molar-refractivity contribution < 1.29 is 9.53 Å². The van der Waals surface area contributed by atoms with E-state index >= 15 is 0 Å². The van der Waals surface area contributed by atoms with Crippen LogP contribution in [0.3, 0.4) is 0 Å². The molecule has 0 radical (unpaired) electrons. The summed E-state index contributed by atoms with van der Waals surface area (Å²) in [6.07, 6.45) is 4.19. The van der Waals surface area contributed by atoms with Crippen molar-refractivity contribution in [1.82, 2.24) is 5.43 Å². The monoisotopic (exact) mass is 463 g/mol. The van der Waals surface area contributed by atoms with Crippen LogP contribution in [0.15, 0.2) is 41.5 Å². The first-order valence-electron chi connectivity index (χ1n) is 8.61. The fourth-order valence-corrected chi connectivity index (χ4v) is 3.66. The Balaban J connectivity index is 1.64. The lowest BCUT2D eigenvalue weighted by Crippen LogP contribution is -2.19. The standard InChI is InChI=1S/C20H22IN3O2/c1-14-11-15(5-8-18(14)24-9-3-4-10-24)13-22-23-20(25)16-6-7-17(21)19(12-16)26-2/h5-8,11-13H,3-4,9-10H2,1-2H3,(H,23,25). The van der Waals surface area contributed by atoms with Crippen LogP contribution in [0.2, 0.25) is 0 Å². The molecule has 2 aromatic rings. The van der Waals surface area contributed by atoms with Gasteiger partial charge in [-0.3, -0.25) is 4.79 Å². The van der Waals surface area contributed by atoms with E-state index in [1.165, 1.54) is 24.1 Å². The third kappa shape index (κ3) is 4.35. The molecular formula is C20H22IN3O2. The lowest BCUT2D eigenvalue weighted by Gasteiger charge is -2.20. The highest BCUT2D eigenvalue weighted by Gasteiger charge is 2.14. The average Bonchev–Trinajstić information content (AvgIpc) is 3.16. The summed E-state index contributed by atoms with van der Waals surface area (Å²) < 4.78 is 6.20. The number of benzene rings is 2. The zero-order chi connectivity index (χ0) is 18.5. The minimum atomic E-state index is -0.263. The summed E-state index contributed by atoms with van der Waals surface area (Å²) in [5.74, 6) is 0.414. The molecule has 1 saturated heterocycles. The number of anilines is 1. The first kappa shape index (κ1) is 18.7. The SMILES string of the molecule is COc1cc(C(=O)NN=Cc2ccc(N3CCCC3)c(C)c2)ccc1I. The summed E-state index contributed by atoms with van der Waals surface area (Å²) in [6.45, 7) is 4.37. The molecule has 136 valence electrons. The molecule has 2 aromatic carbocycles. The highest BCUT2D eigenvalue weighted by atomic mass is 127. The van der Waals surface area contributed by atoms with E-state index in [0.717, 1.165) is 22.2 Å². The van der Waals surface area contributed by atoms with Gasteiger partial charge in [-0.2, -0.15) is 5.10 Å². The summed E-state index contributed by atoms with van der Waals surface area (Å²) in [5.41, 5.74) is 6.56. The molecule has 0 unspecified atom stereocenters. The maximum absolute atomic E-state index is 12.2. The van der Waals surface area contributed by atoms with Crippen molar-refractivity contribution in [3.05, 3.63) is 56.7 Å². The summed E-state index contributed by atoms with van der Waals surface area (Å²) >= 11 is 2.17. The summed E-state index contributed by atoms with van der Waals surface area (Å²) in [6, 6.07) is 11.6. The van der Waals surface area contributed by atoms with E-state index in [0.29, 0.717) is 11.3 Å². The van der Waals surface area contributed by atoms with Crippen LogP contribution in [0.25, 0.3) is 0 Å². The molecule has 1 fully saturated rings. The number of rotatable bonds is 5. The number of hydrazone groups is 1. The number of ether oxygens (including phenoxy) is 1. The van der Waals surface area contributed by atoms with Gasteiger partial charge < -0.3 is 9.64 Å². The Morgan fingerprint density at radius 2 is 2.00 bits per heavy atom. The van der Waals surface area contributed by atoms with E-state index in [9.17, 15) is 4.79 Å². The largest absolute Gasteiger partial charge is 0.496 e. The van der Waals surface area contributed by atoms with Crippen LogP contribution < -0.4 is 15.1 Å². The maximum atomic E-state index is 12.2. The minimum absolute atomic E-state index is 0.263. The van der Waals surface area contributed by atoms with E-state index in [2.05, 4.69) is 57.1 Å². The molecule has 1 aliphatic rings. The van der Waals surface area contributed by atoms with Crippen LogP contribution >= 0.6 is 22.6 Å². The van der Waals surface area contributed by atoms with Crippen molar-refractivity contribution in [3.8, 4) is 5.75 Å². The van der Waals surface area contributed by atoms with Crippen molar-refractivity contribution in [1.29, 1.82) is 0 Å². The van der Waals surface area contributed by atoms with E-state index in [1.54, 1.807) is 25.5 Å². The van der Waals surface area contributed by atoms with Crippen LogP contribution in [-0.4, -0.2) is 32.3 Å². The predicted octanol–water partition coefficient (Wildman–Crippen LogP) is 3.97. The second kappa shape index (κ2) is 8.53. The number of carbonyl (C=O) groups excluding carboxylic acids is 1. The van der Waals surface area contributed by atoms with Gasteiger partial charge in [-0.05, 0) is 83.8 Å². The van der Waals surface area contributed by atoms with Gasteiger partial charge in [0.25, 0.3) is 5.91 Å². The zero-order valence-electron chi connectivity index (χ0n) is 15.0. The topological polar surface area (TPSA) is 53.9 Å². The van der Waals surface area contributed by atoms with Crippen LogP contribution in [0.1, 0.15) is 34.3 Å². The number of nitrogens with one attached hydrogen (secondary N) is 1. The van der Waals surface area contributed by atoms with Crippen molar-refractivity contribution in [2.24, 2.45) is 5.10 Å². The molecule has 3 rings (SSSR count). The first-order chi connectivity index (χ1) is 12.6. The molecule has 0 saturated carbocycles. The maximum Gasteiger partial charge on any atom is 0.271 e. The minimum Gasteiger partial charge on any atom is -0.496 e. The Hall–Kier alpha value is -2.09. The van der Waals surface area contributed by atoms with Gasteiger partial charge in [0.15, 0.2) is 0 Å². The average molecular weight is 463 g/mol. The van der Waals surface area contributed by atoms with E-state index in [1.807, 2.05) is 12.1 Å². The van der Waals surface area contributed by atoms with Crippen molar-refractivity contribution in [2.75, 3.05) is 25.1 Å². The quantitative estimate of drug-likeness (QED) is 0.415. The van der Waals surface area contributed by atoms with Crippen LogP contribution in [0.4, 0.5) is 5.69 Å². The molecule has 6 heteroatoms. The number of aryl methyl sites for hydroxylation is 1. The Morgan fingerprint density at radius 3 is 2.69 bits per heavy atom. The number of amides is 1. The van der Waals surface area contributed by atoms with Gasteiger partial charge >= 0.3 is 0 Å². The Kier molecular flexibility index (Phi) is 6.13. The van der Waals surface area contributed by atoms with Gasteiger partial charge in [-0.25, -0.2) is 5.43 Å². The van der Waals surface area contributed by atoms with Crippen molar-refractivity contribution in [3.63, 3.8) is 0 Å². The smallest absolute Gasteiger partial charge is 0.271 e. The fraction of sp³-hybridized carbons (Fsp3) is 0.300. The highest BCUT2D eigenvalue weighted by molar-refractivity contribution is 14.1. The Morgan fingerprint density at radius 1 is 1.23 bits per heavy atom. The number of carbonyl (C=O) groups is 1. The Bertz CT molecular complexity index is 830. The lowest BCUT2D eigenvalue weighted by atomic mass is 10.1. The van der Waals surface area contributed by atoms with Crippen molar-refractivity contribution >= 4 is 40.4 Å². The third-order valence-electron chi connectivity index (χ3n) is 4.46. The molecule has 1 aliphatic heterocycles. The highest BCUT2D eigenvalue weighted by Crippen LogP contribution is 2.24. The molecular weight excluding hydrogens is 441 g/mol. The number of hydrogen-bond donors (Lipinski definition) is 1. The summed E-state index contributed by atoms with van der Waals surface area (Å²) in [7, 11) is 1.59. The molecule has 5 nitrogen and oxygen atoms in total. The molecule has 1 heterocycles. The van der Waals surface area contributed by atoms with E-state index in [-0.39, 0.29) is 5.91 Å². The van der Waals surface area contributed by atoms with Gasteiger partial charge in [-0.15, -0.1) is 0 Å². The molecule has 0 aliphatic carbocycles. The Labute approximate surface area is 167 Å². The van der Waals surface area contributed by atoms with Gasteiger partial charge in [-0.1, -0.05) is 6.07 Å².